The van der Waals surface area contributed by atoms with Crippen molar-refractivity contribution in [2.75, 3.05) is 0 Å². The Bertz CT molecular complexity index is 613. The van der Waals surface area contributed by atoms with Crippen LogP contribution in [-0.2, 0) is 4.79 Å². The summed E-state index contributed by atoms with van der Waals surface area (Å²) in [6.07, 6.45) is 9.48. The molecule has 7 atom stereocenters. The lowest BCUT2D eigenvalue weighted by Gasteiger charge is -2.60. The van der Waals surface area contributed by atoms with E-state index in [1.54, 1.807) is 0 Å². The van der Waals surface area contributed by atoms with Gasteiger partial charge in [-0.25, -0.2) is 0 Å². The molecule has 4 aliphatic rings. The third kappa shape index (κ3) is 2.03. The van der Waals surface area contributed by atoms with Gasteiger partial charge < -0.3 is 5.11 Å². The highest BCUT2D eigenvalue weighted by atomic mass is 16.3. The zero-order valence-electron chi connectivity index (χ0n) is 15.5. The van der Waals surface area contributed by atoms with Crippen molar-refractivity contribution in [3.05, 3.63) is 0 Å². The van der Waals surface area contributed by atoms with E-state index in [4.69, 9.17) is 0 Å². The molecule has 1 N–H and O–H groups in total. The third-order valence-electron chi connectivity index (χ3n) is 8.97. The van der Waals surface area contributed by atoms with E-state index < -0.39 is 5.60 Å². The summed E-state index contributed by atoms with van der Waals surface area (Å²) in [4.78, 5) is 12.0. The highest BCUT2D eigenvalue weighted by molar-refractivity contribution is 5.79. The smallest absolute Gasteiger partial charge is 0.133 e. The molecule has 4 fully saturated rings. The molecule has 2 nitrogen and oxygen atoms in total. The van der Waals surface area contributed by atoms with E-state index in [0.29, 0.717) is 23.0 Å². The molecule has 4 unspecified atom stereocenters. The highest BCUT2D eigenvalue weighted by Gasteiger charge is 2.64. The number of Topliss-reactive ketones (excluding diaryl/α,β-unsaturated/α-hetero) is 1. The SMILES string of the molecule is CC#C[C@]1(O)CCC2C3CCC4CC(=O)CC[C@]4(C)C3CC[C@@]21C. The van der Waals surface area contributed by atoms with Crippen LogP contribution in [-0.4, -0.2) is 16.5 Å². The standard InChI is InChI=1S/C22H32O2/c1-4-10-22(24)13-9-19-17-6-5-15-14-16(23)7-11-20(15,2)18(17)8-12-21(19,22)3/h15,17-19,24H,5-9,11-14H2,1-3H3/t15?,17?,18?,19?,20-,21-,22-/m0/s1. The van der Waals surface area contributed by atoms with Gasteiger partial charge in [-0.3, -0.25) is 4.79 Å². The molecular formula is C22H32O2. The first-order valence-electron chi connectivity index (χ1n) is 10.0. The Morgan fingerprint density at radius 3 is 2.54 bits per heavy atom. The Kier molecular flexibility index (Phi) is 3.70. The fourth-order valence-corrected chi connectivity index (χ4v) is 7.47. The van der Waals surface area contributed by atoms with Crippen LogP contribution in [0, 0.1) is 46.3 Å². The topological polar surface area (TPSA) is 37.3 Å². The second-order valence-corrected chi connectivity index (χ2v) is 9.63. The minimum atomic E-state index is -0.780. The van der Waals surface area contributed by atoms with Gasteiger partial charge in [0.25, 0.3) is 0 Å². The van der Waals surface area contributed by atoms with Gasteiger partial charge in [0.2, 0.25) is 0 Å². The molecule has 4 aliphatic carbocycles. The van der Waals surface area contributed by atoms with E-state index in [0.717, 1.165) is 50.4 Å². The Balaban J connectivity index is 1.65. The van der Waals surface area contributed by atoms with E-state index in [1.807, 2.05) is 6.92 Å². The highest BCUT2D eigenvalue weighted by Crippen LogP contribution is 2.67. The maximum Gasteiger partial charge on any atom is 0.133 e. The van der Waals surface area contributed by atoms with Gasteiger partial charge in [0.15, 0.2) is 0 Å². The Morgan fingerprint density at radius 1 is 1.04 bits per heavy atom. The van der Waals surface area contributed by atoms with Crippen LogP contribution in [0.3, 0.4) is 0 Å². The first-order chi connectivity index (χ1) is 11.3. The normalized spacial score (nSPS) is 53.4. The average Bonchev–Trinajstić information content (AvgIpc) is 2.80. The lowest BCUT2D eigenvalue weighted by molar-refractivity contribution is -0.147. The molecule has 4 saturated carbocycles. The van der Waals surface area contributed by atoms with Crippen LogP contribution in [0.25, 0.3) is 0 Å². The summed E-state index contributed by atoms with van der Waals surface area (Å²) in [6, 6.07) is 0. The molecule has 0 bridgehead atoms. The lowest BCUT2D eigenvalue weighted by atomic mass is 9.44. The van der Waals surface area contributed by atoms with E-state index in [1.165, 1.54) is 19.3 Å². The fraction of sp³-hybridized carbons (Fsp3) is 0.864. The van der Waals surface area contributed by atoms with E-state index in [2.05, 4.69) is 25.7 Å². The average molecular weight is 328 g/mol. The molecule has 0 aromatic heterocycles. The number of carbonyl (C=O) groups excluding carboxylic acids is 1. The van der Waals surface area contributed by atoms with Crippen molar-refractivity contribution < 1.29 is 9.90 Å². The lowest BCUT2D eigenvalue weighted by Crippen LogP contribution is -2.56. The van der Waals surface area contributed by atoms with Crippen LogP contribution < -0.4 is 0 Å². The molecule has 4 rings (SSSR count). The monoisotopic (exact) mass is 328 g/mol. The van der Waals surface area contributed by atoms with Crippen LogP contribution >= 0.6 is 0 Å². The minimum Gasteiger partial charge on any atom is -0.377 e. The molecule has 132 valence electrons. The van der Waals surface area contributed by atoms with Crippen LogP contribution in [0.1, 0.15) is 78.6 Å². The molecule has 0 heterocycles. The van der Waals surface area contributed by atoms with Crippen LogP contribution in [0.4, 0.5) is 0 Å². The van der Waals surface area contributed by atoms with Gasteiger partial charge >= 0.3 is 0 Å². The van der Waals surface area contributed by atoms with Gasteiger partial charge in [-0.15, -0.1) is 5.92 Å². The van der Waals surface area contributed by atoms with Crippen molar-refractivity contribution in [2.24, 2.45) is 34.5 Å². The number of hydrogen-bond donors (Lipinski definition) is 1. The van der Waals surface area contributed by atoms with Gasteiger partial charge in [-0.2, -0.15) is 0 Å². The predicted molar refractivity (Wildman–Crippen MR) is 95.1 cm³/mol. The van der Waals surface area contributed by atoms with E-state index in [-0.39, 0.29) is 5.41 Å². The molecule has 0 spiro atoms. The number of fused-ring (bicyclic) bond motifs is 5. The first kappa shape index (κ1) is 16.6. The zero-order valence-corrected chi connectivity index (χ0v) is 15.5. The van der Waals surface area contributed by atoms with Crippen LogP contribution in [0.5, 0.6) is 0 Å². The van der Waals surface area contributed by atoms with E-state index >= 15 is 0 Å². The van der Waals surface area contributed by atoms with Gasteiger partial charge in [0.05, 0.1) is 0 Å². The van der Waals surface area contributed by atoms with Crippen molar-refractivity contribution in [2.45, 2.75) is 84.2 Å². The molecular weight excluding hydrogens is 296 g/mol. The quantitative estimate of drug-likeness (QED) is 0.671. The van der Waals surface area contributed by atoms with Crippen molar-refractivity contribution in [3.63, 3.8) is 0 Å². The van der Waals surface area contributed by atoms with Crippen LogP contribution in [0.15, 0.2) is 0 Å². The molecule has 0 saturated heterocycles. The van der Waals surface area contributed by atoms with E-state index in [9.17, 15) is 9.90 Å². The van der Waals surface area contributed by atoms with Crippen molar-refractivity contribution in [1.29, 1.82) is 0 Å². The van der Waals surface area contributed by atoms with Gasteiger partial charge in [-0.05, 0) is 81.0 Å². The second-order valence-electron chi connectivity index (χ2n) is 9.63. The summed E-state index contributed by atoms with van der Waals surface area (Å²) in [7, 11) is 0. The number of ketones is 1. The molecule has 0 aromatic rings. The maximum atomic E-state index is 12.0. The van der Waals surface area contributed by atoms with Gasteiger partial charge in [-0.1, -0.05) is 19.8 Å². The summed E-state index contributed by atoms with van der Waals surface area (Å²) >= 11 is 0. The summed E-state index contributed by atoms with van der Waals surface area (Å²) in [5.41, 5.74) is -0.460. The minimum absolute atomic E-state index is 0.0368. The summed E-state index contributed by atoms with van der Waals surface area (Å²) in [5, 5.41) is 11.2. The number of aliphatic hydroxyl groups is 1. The molecule has 0 radical (unpaired) electrons. The fourth-order valence-electron chi connectivity index (χ4n) is 7.47. The second kappa shape index (κ2) is 5.34. The zero-order chi connectivity index (χ0) is 17.2. The summed E-state index contributed by atoms with van der Waals surface area (Å²) in [5.74, 6) is 9.38. The predicted octanol–water partition coefficient (Wildman–Crippen LogP) is 4.35. The number of carbonyl (C=O) groups is 1. The third-order valence-corrected chi connectivity index (χ3v) is 8.97. The first-order valence-corrected chi connectivity index (χ1v) is 10.0. The molecule has 0 aliphatic heterocycles. The van der Waals surface area contributed by atoms with Gasteiger partial charge in [0.1, 0.15) is 11.4 Å². The molecule has 0 aromatic carbocycles. The largest absolute Gasteiger partial charge is 0.377 e. The van der Waals surface area contributed by atoms with Crippen molar-refractivity contribution in [3.8, 4) is 11.8 Å². The van der Waals surface area contributed by atoms with Crippen molar-refractivity contribution >= 4 is 5.78 Å². The van der Waals surface area contributed by atoms with Gasteiger partial charge in [0, 0.05) is 18.3 Å². The molecule has 2 heteroatoms. The Labute approximate surface area is 146 Å². The molecule has 24 heavy (non-hydrogen) atoms. The molecule has 0 amide bonds. The van der Waals surface area contributed by atoms with Crippen LogP contribution in [0.2, 0.25) is 0 Å². The Hall–Kier alpha value is -0.810. The van der Waals surface area contributed by atoms with Crippen molar-refractivity contribution in [1.82, 2.24) is 0 Å². The number of rotatable bonds is 0. The maximum absolute atomic E-state index is 12.0. The summed E-state index contributed by atoms with van der Waals surface area (Å²) < 4.78 is 0. The number of hydrogen-bond acceptors (Lipinski definition) is 2. The summed E-state index contributed by atoms with van der Waals surface area (Å²) in [6.45, 7) is 6.65. The Morgan fingerprint density at radius 2 is 1.79 bits per heavy atom.